The van der Waals surface area contributed by atoms with Gasteiger partial charge < -0.3 is 30.9 Å². The highest BCUT2D eigenvalue weighted by molar-refractivity contribution is 5.96. The van der Waals surface area contributed by atoms with Gasteiger partial charge in [0.05, 0.1) is 12.5 Å². The number of esters is 1. The molecule has 4 rings (SSSR count). The minimum absolute atomic E-state index is 0.193. The van der Waals surface area contributed by atoms with Crippen LogP contribution in [-0.2, 0) is 41.6 Å². The Balaban J connectivity index is 1.53. The minimum atomic E-state index is -1.19. The topological polar surface area (TPSA) is 170 Å². The summed E-state index contributed by atoms with van der Waals surface area (Å²) in [5.41, 5.74) is 3.65. The first-order valence-corrected chi connectivity index (χ1v) is 17.4. The molecule has 0 bridgehead atoms. The predicted molar refractivity (Wildman–Crippen MR) is 189 cm³/mol. The molecule has 0 saturated heterocycles. The summed E-state index contributed by atoms with van der Waals surface area (Å²) in [5.74, 6) is -2.87. The number of hydrogen-bond donors (Lipinski definition) is 4. The monoisotopic (exact) mass is 686 g/mol. The van der Waals surface area contributed by atoms with Gasteiger partial charge in [0.15, 0.2) is 0 Å². The number of nitrogens with one attached hydrogen (secondary N) is 4. The summed E-state index contributed by atoms with van der Waals surface area (Å²) in [7, 11) is 0. The van der Waals surface area contributed by atoms with E-state index in [4.69, 9.17) is 4.74 Å². The molecular weight excluding hydrogens is 636 g/mol. The van der Waals surface area contributed by atoms with Crippen molar-refractivity contribution in [3.63, 3.8) is 0 Å². The number of fused-ring (bicyclic) bond motifs is 2. The molecule has 5 atom stereocenters. The van der Waals surface area contributed by atoms with E-state index in [1.807, 2.05) is 56.3 Å². The quantitative estimate of drug-likeness (QED) is 0.246. The van der Waals surface area contributed by atoms with E-state index in [2.05, 4.69) is 21.3 Å². The van der Waals surface area contributed by atoms with Crippen LogP contribution in [-0.4, -0.2) is 70.8 Å². The van der Waals surface area contributed by atoms with Crippen molar-refractivity contribution in [2.45, 2.75) is 116 Å². The lowest BCUT2D eigenvalue weighted by Gasteiger charge is -2.39. The van der Waals surface area contributed by atoms with Gasteiger partial charge in [-0.05, 0) is 69.2 Å². The number of nitrogens with zero attached hydrogens (tertiary/aromatic N) is 2. The Labute approximate surface area is 294 Å². The minimum Gasteiger partial charge on any atom is -0.460 e. The molecule has 0 saturated carbocycles. The first kappa shape index (κ1) is 37.9. The predicted octanol–water partition coefficient (Wildman–Crippen LogP) is 3.62. The van der Waals surface area contributed by atoms with Crippen molar-refractivity contribution in [1.82, 2.24) is 20.9 Å². The Hall–Kier alpha value is -4.92. The SMILES string of the molecule is CCC[C@H](NC(=O)C1Cc2ccccc2N1)C(=O)N[C@H](C(=O)N1CCc2cc(C)ccc2[C@H]1C(=O)N[C@H](C#N)CC(=O)OC(C)(C)C)C(C)C. The summed E-state index contributed by atoms with van der Waals surface area (Å²) in [6.45, 7) is 12.8. The fourth-order valence-electron chi connectivity index (χ4n) is 6.44. The van der Waals surface area contributed by atoms with Crippen LogP contribution in [0.3, 0.4) is 0 Å². The molecule has 2 aliphatic rings. The lowest BCUT2D eigenvalue weighted by atomic mass is 9.89. The van der Waals surface area contributed by atoms with E-state index in [0.717, 1.165) is 22.4 Å². The van der Waals surface area contributed by atoms with E-state index < -0.39 is 59.5 Å². The van der Waals surface area contributed by atoms with Gasteiger partial charge in [-0.2, -0.15) is 5.26 Å². The highest BCUT2D eigenvalue weighted by Gasteiger charge is 2.41. The molecule has 4 N–H and O–H groups in total. The van der Waals surface area contributed by atoms with Crippen LogP contribution in [0, 0.1) is 24.2 Å². The molecule has 0 aromatic heterocycles. The van der Waals surface area contributed by atoms with Gasteiger partial charge in [0.1, 0.15) is 35.8 Å². The zero-order chi connectivity index (χ0) is 36.7. The van der Waals surface area contributed by atoms with Crippen molar-refractivity contribution < 1.29 is 28.7 Å². The van der Waals surface area contributed by atoms with Crippen molar-refractivity contribution in [2.75, 3.05) is 11.9 Å². The van der Waals surface area contributed by atoms with Gasteiger partial charge in [0.2, 0.25) is 23.6 Å². The Morgan fingerprint density at radius 2 is 1.74 bits per heavy atom. The molecule has 0 fully saturated rings. The number of para-hydroxylation sites is 1. The third-order valence-corrected chi connectivity index (χ3v) is 8.85. The first-order valence-electron chi connectivity index (χ1n) is 17.4. The van der Waals surface area contributed by atoms with Gasteiger partial charge in [-0.25, -0.2) is 0 Å². The number of benzene rings is 2. The Morgan fingerprint density at radius 3 is 2.38 bits per heavy atom. The van der Waals surface area contributed by atoms with Crippen LogP contribution in [0.4, 0.5) is 5.69 Å². The Kier molecular flexibility index (Phi) is 12.3. The van der Waals surface area contributed by atoms with Crippen LogP contribution in [0.25, 0.3) is 0 Å². The summed E-state index contributed by atoms with van der Waals surface area (Å²) in [6.07, 6.45) is 1.60. The van der Waals surface area contributed by atoms with Gasteiger partial charge in [-0.3, -0.25) is 24.0 Å². The van der Waals surface area contributed by atoms with Crippen LogP contribution >= 0.6 is 0 Å². The molecule has 0 spiro atoms. The van der Waals surface area contributed by atoms with Crippen LogP contribution < -0.4 is 21.3 Å². The van der Waals surface area contributed by atoms with Gasteiger partial charge in [-0.15, -0.1) is 0 Å². The van der Waals surface area contributed by atoms with Crippen molar-refractivity contribution in [1.29, 1.82) is 5.26 Å². The molecule has 2 aromatic carbocycles. The summed E-state index contributed by atoms with van der Waals surface area (Å²) in [4.78, 5) is 69.4. The van der Waals surface area contributed by atoms with Crippen molar-refractivity contribution >= 4 is 35.3 Å². The second-order valence-electron chi connectivity index (χ2n) is 14.5. The molecule has 268 valence electrons. The van der Waals surface area contributed by atoms with Crippen LogP contribution in [0.2, 0.25) is 0 Å². The van der Waals surface area contributed by atoms with E-state index in [1.165, 1.54) is 4.90 Å². The fraction of sp³-hybridized carbons (Fsp3) is 0.526. The molecule has 2 heterocycles. The maximum atomic E-state index is 14.4. The molecule has 4 amide bonds. The van der Waals surface area contributed by atoms with Gasteiger partial charge >= 0.3 is 5.97 Å². The molecule has 12 heteroatoms. The Morgan fingerprint density at radius 1 is 1.02 bits per heavy atom. The first-order chi connectivity index (χ1) is 23.6. The van der Waals surface area contributed by atoms with Gasteiger partial charge in [-0.1, -0.05) is 69.2 Å². The zero-order valence-electron chi connectivity index (χ0n) is 30.1. The maximum Gasteiger partial charge on any atom is 0.309 e. The molecule has 2 aromatic rings. The van der Waals surface area contributed by atoms with Gasteiger partial charge in [0, 0.05) is 18.7 Å². The number of nitriles is 1. The van der Waals surface area contributed by atoms with Crippen molar-refractivity contribution in [3.8, 4) is 6.07 Å². The number of carbonyl (C=O) groups is 5. The summed E-state index contributed by atoms with van der Waals surface area (Å²) in [5, 5.41) is 21.5. The van der Waals surface area contributed by atoms with Gasteiger partial charge in [0.25, 0.3) is 0 Å². The van der Waals surface area contributed by atoms with Crippen LogP contribution in [0.15, 0.2) is 42.5 Å². The largest absolute Gasteiger partial charge is 0.460 e. The highest BCUT2D eigenvalue weighted by Crippen LogP contribution is 2.32. The summed E-state index contributed by atoms with van der Waals surface area (Å²) < 4.78 is 5.35. The number of rotatable bonds is 12. The van der Waals surface area contributed by atoms with E-state index in [0.29, 0.717) is 31.2 Å². The fourth-order valence-corrected chi connectivity index (χ4v) is 6.44. The highest BCUT2D eigenvalue weighted by atomic mass is 16.6. The lowest BCUT2D eigenvalue weighted by Crippen LogP contribution is -2.59. The molecule has 2 aliphatic heterocycles. The van der Waals surface area contributed by atoms with E-state index >= 15 is 0 Å². The van der Waals surface area contributed by atoms with Crippen LogP contribution in [0.1, 0.15) is 89.1 Å². The number of carbonyl (C=O) groups excluding carboxylic acids is 5. The average molecular weight is 687 g/mol. The molecule has 50 heavy (non-hydrogen) atoms. The van der Waals surface area contributed by atoms with Crippen molar-refractivity contribution in [3.05, 3.63) is 64.7 Å². The second-order valence-corrected chi connectivity index (χ2v) is 14.5. The molecule has 12 nitrogen and oxygen atoms in total. The Bertz CT molecular complexity index is 1620. The van der Waals surface area contributed by atoms with Crippen molar-refractivity contribution in [2.24, 2.45) is 5.92 Å². The van der Waals surface area contributed by atoms with E-state index in [-0.39, 0.29) is 24.8 Å². The number of aryl methyl sites for hydroxylation is 1. The number of anilines is 1. The number of hydrogen-bond acceptors (Lipinski definition) is 8. The number of amides is 4. The number of ether oxygens (including phenoxy) is 1. The molecule has 0 radical (unpaired) electrons. The summed E-state index contributed by atoms with van der Waals surface area (Å²) >= 11 is 0. The second kappa shape index (κ2) is 16.2. The normalized spacial score (nSPS) is 18.3. The van der Waals surface area contributed by atoms with E-state index in [1.54, 1.807) is 40.7 Å². The summed E-state index contributed by atoms with van der Waals surface area (Å²) in [6, 6.07) is 10.6. The lowest BCUT2D eigenvalue weighted by molar-refractivity contribution is -0.155. The van der Waals surface area contributed by atoms with Crippen LogP contribution in [0.5, 0.6) is 0 Å². The molecule has 1 unspecified atom stereocenters. The smallest absolute Gasteiger partial charge is 0.309 e. The van der Waals surface area contributed by atoms with E-state index in [9.17, 15) is 29.2 Å². The molecule has 0 aliphatic carbocycles. The third kappa shape index (κ3) is 9.40. The third-order valence-electron chi connectivity index (χ3n) is 8.85. The average Bonchev–Trinajstić information content (AvgIpc) is 3.49. The standard InChI is InChI=1S/C38H50N6O6/c1-8-11-29(42-35(47)30-19-25-12-9-10-13-28(25)41-30)34(46)43-32(22(2)3)37(49)44-17-16-24-18-23(4)14-15-27(24)33(44)36(48)40-26(21-39)20-31(45)50-38(5,6)7/h9-10,12-15,18,22,26,29-30,32-33,41H,8,11,16-17,19-20H2,1-7H3,(H,40,48)(H,42,47)(H,43,46)/t26-,29-,30?,32-,33-/m0/s1. The maximum absolute atomic E-state index is 14.4. The zero-order valence-corrected chi connectivity index (χ0v) is 30.1. The molecular formula is C38H50N6O6.